The topological polar surface area (TPSA) is 51.8 Å². The van der Waals surface area contributed by atoms with Crippen LogP contribution in [0.25, 0.3) is 0 Å². The van der Waals surface area contributed by atoms with Crippen molar-refractivity contribution in [3.05, 3.63) is 10.6 Å². The number of hydrogen-bond donors (Lipinski definition) is 1. The lowest BCUT2D eigenvalue weighted by Crippen LogP contribution is -2.26. The zero-order valence-electron chi connectivity index (χ0n) is 10.1. The molecule has 0 bridgehead atoms. The van der Waals surface area contributed by atoms with Crippen LogP contribution in [0.2, 0.25) is 0 Å². The summed E-state index contributed by atoms with van der Waals surface area (Å²) in [6.07, 6.45) is 6.58. The summed E-state index contributed by atoms with van der Waals surface area (Å²) >= 11 is 1.47. The number of aryl methyl sites for hydroxylation is 1. The Morgan fingerprint density at radius 3 is 2.94 bits per heavy atom. The third-order valence-corrected chi connectivity index (χ3v) is 4.83. The molecule has 0 aromatic carbocycles. The molecule has 1 aliphatic carbocycles. The van der Waals surface area contributed by atoms with Gasteiger partial charge in [-0.15, -0.1) is 5.10 Å². The quantitative estimate of drug-likeness (QED) is 0.882. The average Bonchev–Trinajstić information content (AvgIpc) is 2.74. The van der Waals surface area contributed by atoms with Gasteiger partial charge < -0.3 is 5.73 Å². The first-order valence-electron chi connectivity index (χ1n) is 6.26. The second-order valence-electron chi connectivity index (χ2n) is 4.95. The van der Waals surface area contributed by atoms with Crippen LogP contribution < -0.4 is 5.73 Å². The summed E-state index contributed by atoms with van der Waals surface area (Å²) in [5.41, 5.74) is 7.39. The van der Waals surface area contributed by atoms with Gasteiger partial charge in [0.05, 0.1) is 10.6 Å². The van der Waals surface area contributed by atoms with Crippen molar-refractivity contribution in [1.82, 2.24) is 9.59 Å². The molecule has 1 aromatic rings. The van der Waals surface area contributed by atoms with Crippen LogP contribution in [0.15, 0.2) is 0 Å². The van der Waals surface area contributed by atoms with E-state index in [4.69, 9.17) is 5.73 Å². The molecule has 0 aliphatic heterocycles. The Morgan fingerprint density at radius 1 is 1.50 bits per heavy atom. The van der Waals surface area contributed by atoms with E-state index >= 15 is 0 Å². The Labute approximate surface area is 102 Å². The van der Waals surface area contributed by atoms with E-state index in [-0.39, 0.29) is 6.04 Å². The highest BCUT2D eigenvalue weighted by molar-refractivity contribution is 7.05. The standard InChI is InChI=1S/C12H21N3S/c1-3-9-5-4-6-10(7-9)11(13)12-8(2)14-15-16-12/h9-11H,3-7,13H2,1-2H3. The number of aromatic nitrogens is 2. The van der Waals surface area contributed by atoms with E-state index in [1.165, 1.54) is 48.5 Å². The average molecular weight is 239 g/mol. The third kappa shape index (κ3) is 2.43. The van der Waals surface area contributed by atoms with Crippen LogP contribution in [0.3, 0.4) is 0 Å². The van der Waals surface area contributed by atoms with Crippen LogP contribution in [0, 0.1) is 18.8 Å². The van der Waals surface area contributed by atoms with Crippen molar-refractivity contribution in [2.24, 2.45) is 17.6 Å². The van der Waals surface area contributed by atoms with Crippen molar-refractivity contribution in [2.75, 3.05) is 0 Å². The van der Waals surface area contributed by atoms with Crippen molar-refractivity contribution in [3.8, 4) is 0 Å². The molecular weight excluding hydrogens is 218 g/mol. The summed E-state index contributed by atoms with van der Waals surface area (Å²) in [6.45, 7) is 4.30. The lowest BCUT2D eigenvalue weighted by Gasteiger charge is -2.31. The third-order valence-electron chi connectivity index (χ3n) is 3.90. The molecule has 0 saturated heterocycles. The number of nitrogens with two attached hydrogens (primary N) is 1. The summed E-state index contributed by atoms with van der Waals surface area (Å²) in [5, 5.41) is 4.06. The molecule has 1 aliphatic rings. The normalized spacial score (nSPS) is 27.9. The smallest absolute Gasteiger partial charge is 0.0772 e. The first-order valence-corrected chi connectivity index (χ1v) is 7.04. The molecule has 3 nitrogen and oxygen atoms in total. The van der Waals surface area contributed by atoms with Gasteiger partial charge in [-0.1, -0.05) is 30.7 Å². The minimum Gasteiger partial charge on any atom is -0.323 e. The van der Waals surface area contributed by atoms with Gasteiger partial charge in [0.15, 0.2) is 0 Å². The van der Waals surface area contributed by atoms with Crippen molar-refractivity contribution in [3.63, 3.8) is 0 Å². The van der Waals surface area contributed by atoms with E-state index in [1.807, 2.05) is 6.92 Å². The molecular formula is C12H21N3S. The Morgan fingerprint density at radius 2 is 2.31 bits per heavy atom. The van der Waals surface area contributed by atoms with Crippen LogP contribution in [0.1, 0.15) is 55.6 Å². The molecule has 1 saturated carbocycles. The van der Waals surface area contributed by atoms with Crippen LogP contribution >= 0.6 is 11.5 Å². The summed E-state index contributed by atoms with van der Waals surface area (Å²) in [5.74, 6) is 1.52. The number of hydrogen-bond acceptors (Lipinski definition) is 4. The van der Waals surface area contributed by atoms with Gasteiger partial charge in [0.1, 0.15) is 0 Å². The predicted molar refractivity (Wildman–Crippen MR) is 67.3 cm³/mol. The fraction of sp³-hybridized carbons (Fsp3) is 0.833. The Balaban J connectivity index is 2.04. The molecule has 1 aromatic heterocycles. The summed E-state index contributed by atoms with van der Waals surface area (Å²) in [6, 6.07) is 0.161. The second kappa shape index (κ2) is 5.23. The lowest BCUT2D eigenvalue weighted by atomic mass is 9.76. The summed E-state index contributed by atoms with van der Waals surface area (Å²) < 4.78 is 3.99. The predicted octanol–water partition coefficient (Wildman–Crippen LogP) is 3.06. The van der Waals surface area contributed by atoms with Crippen molar-refractivity contribution >= 4 is 11.5 Å². The fourth-order valence-corrected chi connectivity index (χ4v) is 3.52. The van der Waals surface area contributed by atoms with Crippen LogP contribution in [-0.4, -0.2) is 9.59 Å². The molecule has 3 unspecified atom stereocenters. The Bertz CT molecular complexity index is 337. The summed E-state index contributed by atoms with van der Waals surface area (Å²) in [7, 11) is 0. The Hall–Kier alpha value is -0.480. The molecule has 90 valence electrons. The SMILES string of the molecule is CCC1CCCC(C(N)c2snnc2C)C1. The number of rotatable bonds is 3. The van der Waals surface area contributed by atoms with E-state index in [0.29, 0.717) is 5.92 Å². The zero-order chi connectivity index (χ0) is 11.5. The van der Waals surface area contributed by atoms with Gasteiger partial charge in [0, 0.05) is 6.04 Å². The van der Waals surface area contributed by atoms with E-state index in [9.17, 15) is 0 Å². The molecule has 16 heavy (non-hydrogen) atoms. The van der Waals surface area contributed by atoms with Gasteiger partial charge in [0.25, 0.3) is 0 Å². The van der Waals surface area contributed by atoms with Gasteiger partial charge in [-0.05, 0) is 43.1 Å². The van der Waals surface area contributed by atoms with Gasteiger partial charge >= 0.3 is 0 Å². The monoisotopic (exact) mass is 239 g/mol. The molecule has 0 amide bonds. The second-order valence-corrected chi connectivity index (χ2v) is 5.74. The molecule has 2 N–H and O–H groups in total. The first-order chi connectivity index (χ1) is 7.72. The Kier molecular flexibility index (Phi) is 3.92. The highest BCUT2D eigenvalue weighted by Gasteiger charge is 2.28. The molecule has 1 fully saturated rings. The minimum atomic E-state index is 0.161. The van der Waals surface area contributed by atoms with Gasteiger partial charge in [-0.25, -0.2) is 0 Å². The maximum atomic E-state index is 6.36. The van der Waals surface area contributed by atoms with E-state index in [2.05, 4.69) is 16.5 Å². The van der Waals surface area contributed by atoms with Gasteiger partial charge in [-0.3, -0.25) is 0 Å². The maximum absolute atomic E-state index is 6.36. The molecule has 0 radical (unpaired) electrons. The van der Waals surface area contributed by atoms with Crippen LogP contribution in [-0.2, 0) is 0 Å². The van der Waals surface area contributed by atoms with Crippen molar-refractivity contribution in [2.45, 2.75) is 52.0 Å². The fourth-order valence-electron chi connectivity index (χ4n) is 2.79. The molecule has 2 rings (SSSR count). The van der Waals surface area contributed by atoms with Crippen molar-refractivity contribution in [1.29, 1.82) is 0 Å². The van der Waals surface area contributed by atoms with E-state index < -0.39 is 0 Å². The minimum absolute atomic E-state index is 0.161. The molecule has 3 atom stereocenters. The molecule has 4 heteroatoms. The van der Waals surface area contributed by atoms with E-state index in [0.717, 1.165) is 11.6 Å². The summed E-state index contributed by atoms with van der Waals surface area (Å²) in [4.78, 5) is 1.20. The number of nitrogens with zero attached hydrogens (tertiary/aromatic N) is 2. The first kappa shape index (κ1) is 12.0. The maximum Gasteiger partial charge on any atom is 0.0772 e. The van der Waals surface area contributed by atoms with Gasteiger partial charge in [-0.2, -0.15) is 0 Å². The van der Waals surface area contributed by atoms with Crippen LogP contribution in [0.5, 0.6) is 0 Å². The molecule has 1 heterocycles. The largest absolute Gasteiger partial charge is 0.323 e. The molecule has 0 spiro atoms. The van der Waals surface area contributed by atoms with Crippen LogP contribution in [0.4, 0.5) is 0 Å². The zero-order valence-corrected chi connectivity index (χ0v) is 11.0. The van der Waals surface area contributed by atoms with E-state index in [1.54, 1.807) is 0 Å². The highest BCUT2D eigenvalue weighted by atomic mass is 32.1. The van der Waals surface area contributed by atoms with Crippen molar-refractivity contribution < 1.29 is 0 Å². The lowest BCUT2D eigenvalue weighted by molar-refractivity contribution is 0.231. The highest BCUT2D eigenvalue weighted by Crippen LogP contribution is 2.38. The van der Waals surface area contributed by atoms with Gasteiger partial charge in [0.2, 0.25) is 0 Å².